The van der Waals surface area contributed by atoms with Crippen molar-refractivity contribution in [3.05, 3.63) is 46.6 Å². The van der Waals surface area contributed by atoms with Gasteiger partial charge in [0.2, 0.25) is 0 Å². The second kappa shape index (κ2) is 8.30. The molecule has 0 amide bonds. The minimum absolute atomic E-state index is 0.0687. The Hall–Kier alpha value is -2.74. The van der Waals surface area contributed by atoms with Crippen molar-refractivity contribution < 1.29 is 14.3 Å². The largest absolute Gasteiger partial charge is 0.460 e. The van der Waals surface area contributed by atoms with Crippen LogP contribution in [0.2, 0.25) is 0 Å². The van der Waals surface area contributed by atoms with Crippen molar-refractivity contribution in [2.75, 3.05) is 26.2 Å². The summed E-state index contributed by atoms with van der Waals surface area (Å²) in [5, 5.41) is 4.46. The molecular formula is C19H24N4O4. The monoisotopic (exact) mass is 372 g/mol. The van der Waals surface area contributed by atoms with E-state index in [1.54, 1.807) is 18.5 Å². The molecule has 144 valence electrons. The van der Waals surface area contributed by atoms with E-state index in [1.807, 2.05) is 35.2 Å². The molecule has 0 N–H and O–H groups in total. The SMILES string of the molecule is CCOC(=O)C(=O)CN1CCC(c2nn(C)c(=O)n2-c2ccccc2)CC1. The van der Waals surface area contributed by atoms with Gasteiger partial charge in [-0.3, -0.25) is 9.69 Å². The van der Waals surface area contributed by atoms with Crippen molar-refractivity contribution in [1.29, 1.82) is 0 Å². The van der Waals surface area contributed by atoms with Crippen LogP contribution in [0, 0.1) is 0 Å². The maximum Gasteiger partial charge on any atom is 0.375 e. The van der Waals surface area contributed by atoms with Gasteiger partial charge < -0.3 is 4.74 Å². The van der Waals surface area contributed by atoms with Gasteiger partial charge in [0.15, 0.2) is 0 Å². The van der Waals surface area contributed by atoms with Crippen LogP contribution in [-0.2, 0) is 21.4 Å². The average Bonchev–Trinajstić information content (AvgIpc) is 2.98. The van der Waals surface area contributed by atoms with Crippen LogP contribution in [0.15, 0.2) is 35.1 Å². The van der Waals surface area contributed by atoms with E-state index in [4.69, 9.17) is 4.74 Å². The Bertz CT molecular complexity index is 864. The molecular weight excluding hydrogens is 348 g/mol. The maximum absolute atomic E-state index is 12.5. The number of ether oxygens (including phenoxy) is 1. The Morgan fingerprint density at radius 3 is 2.48 bits per heavy atom. The maximum atomic E-state index is 12.5. The summed E-state index contributed by atoms with van der Waals surface area (Å²) in [4.78, 5) is 37.8. The molecule has 8 nitrogen and oxygen atoms in total. The predicted molar refractivity (Wildman–Crippen MR) is 98.9 cm³/mol. The van der Waals surface area contributed by atoms with E-state index >= 15 is 0 Å². The number of piperidine rings is 1. The van der Waals surface area contributed by atoms with E-state index in [9.17, 15) is 14.4 Å². The van der Waals surface area contributed by atoms with Gasteiger partial charge in [0.1, 0.15) is 5.82 Å². The number of aromatic nitrogens is 3. The molecule has 0 unspecified atom stereocenters. The summed E-state index contributed by atoms with van der Waals surface area (Å²) >= 11 is 0. The average molecular weight is 372 g/mol. The van der Waals surface area contributed by atoms with Crippen molar-refractivity contribution >= 4 is 11.8 Å². The second-order valence-electron chi connectivity index (χ2n) is 6.63. The van der Waals surface area contributed by atoms with Crippen LogP contribution < -0.4 is 5.69 Å². The molecule has 2 aromatic rings. The number of hydrogen-bond acceptors (Lipinski definition) is 6. The van der Waals surface area contributed by atoms with E-state index in [2.05, 4.69) is 5.10 Å². The van der Waals surface area contributed by atoms with Crippen LogP contribution in [0.1, 0.15) is 31.5 Å². The van der Waals surface area contributed by atoms with Gasteiger partial charge in [-0.15, -0.1) is 0 Å². The fourth-order valence-electron chi connectivity index (χ4n) is 3.40. The number of aryl methyl sites for hydroxylation is 1. The number of hydrogen-bond donors (Lipinski definition) is 0. The molecule has 0 saturated carbocycles. The molecule has 2 heterocycles. The lowest BCUT2D eigenvalue weighted by Gasteiger charge is -2.30. The number of para-hydroxylation sites is 1. The molecule has 0 spiro atoms. The molecule has 27 heavy (non-hydrogen) atoms. The molecule has 1 fully saturated rings. The Kier molecular flexibility index (Phi) is 5.85. The summed E-state index contributed by atoms with van der Waals surface area (Å²) in [5.41, 5.74) is 0.627. The van der Waals surface area contributed by atoms with Gasteiger partial charge in [-0.25, -0.2) is 18.8 Å². The third-order valence-corrected chi connectivity index (χ3v) is 4.79. The number of carbonyl (C=O) groups is 2. The zero-order valence-electron chi connectivity index (χ0n) is 15.6. The van der Waals surface area contributed by atoms with Crippen molar-refractivity contribution in [3.8, 4) is 5.69 Å². The topological polar surface area (TPSA) is 86.4 Å². The minimum Gasteiger partial charge on any atom is -0.460 e. The number of ketones is 1. The lowest BCUT2D eigenvalue weighted by Crippen LogP contribution is -2.39. The number of carbonyl (C=O) groups excluding carboxylic acids is 2. The van der Waals surface area contributed by atoms with Gasteiger partial charge in [-0.1, -0.05) is 18.2 Å². The van der Waals surface area contributed by atoms with Crippen LogP contribution in [0.3, 0.4) is 0 Å². The number of esters is 1. The van der Waals surface area contributed by atoms with Crippen molar-refractivity contribution in [2.45, 2.75) is 25.7 Å². The molecule has 3 rings (SSSR count). The normalized spacial score (nSPS) is 15.6. The lowest BCUT2D eigenvalue weighted by atomic mass is 9.95. The van der Waals surface area contributed by atoms with Crippen LogP contribution in [0.25, 0.3) is 5.69 Å². The number of likely N-dealkylation sites (tertiary alicyclic amines) is 1. The number of nitrogens with zero attached hydrogens (tertiary/aromatic N) is 4. The quantitative estimate of drug-likeness (QED) is 0.553. The highest BCUT2D eigenvalue weighted by molar-refractivity contribution is 6.34. The van der Waals surface area contributed by atoms with Gasteiger partial charge in [-0.05, 0) is 45.0 Å². The highest BCUT2D eigenvalue weighted by Gasteiger charge is 2.28. The van der Waals surface area contributed by atoms with Crippen molar-refractivity contribution in [1.82, 2.24) is 19.2 Å². The van der Waals surface area contributed by atoms with E-state index in [-0.39, 0.29) is 24.8 Å². The number of rotatable bonds is 6. The standard InChI is InChI=1S/C19H24N4O4/c1-3-27-18(25)16(24)13-22-11-9-14(10-12-22)17-20-21(2)19(26)23(17)15-7-5-4-6-8-15/h4-8,14H,3,9-13H2,1-2H3. The van der Waals surface area contributed by atoms with Crippen LogP contribution in [0.4, 0.5) is 0 Å². The summed E-state index contributed by atoms with van der Waals surface area (Å²) in [5.74, 6) is -0.435. The summed E-state index contributed by atoms with van der Waals surface area (Å²) < 4.78 is 7.77. The Balaban J connectivity index is 1.70. The van der Waals surface area contributed by atoms with Gasteiger partial charge in [0, 0.05) is 13.0 Å². The summed E-state index contributed by atoms with van der Waals surface area (Å²) in [6.07, 6.45) is 1.53. The fourth-order valence-corrected chi connectivity index (χ4v) is 3.40. The van der Waals surface area contributed by atoms with E-state index in [1.165, 1.54) is 4.68 Å². The first-order chi connectivity index (χ1) is 13.0. The molecule has 1 aromatic carbocycles. The number of benzene rings is 1. The van der Waals surface area contributed by atoms with Crippen molar-refractivity contribution in [3.63, 3.8) is 0 Å². The van der Waals surface area contributed by atoms with Crippen molar-refractivity contribution in [2.24, 2.45) is 7.05 Å². The highest BCUT2D eigenvalue weighted by atomic mass is 16.5. The first-order valence-corrected chi connectivity index (χ1v) is 9.15. The molecule has 8 heteroatoms. The molecule has 1 aromatic heterocycles. The summed E-state index contributed by atoms with van der Waals surface area (Å²) in [7, 11) is 1.65. The Morgan fingerprint density at radius 2 is 1.85 bits per heavy atom. The molecule has 0 radical (unpaired) electrons. The van der Waals surface area contributed by atoms with Crippen LogP contribution in [0.5, 0.6) is 0 Å². The third-order valence-electron chi connectivity index (χ3n) is 4.79. The minimum atomic E-state index is -0.776. The fraction of sp³-hybridized carbons (Fsp3) is 0.474. The molecule has 1 aliphatic heterocycles. The Labute approximate surface area is 157 Å². The van der Waals surface area contributed by atoms with Gasteiger partial charge in [0.25, 0.3) is 5.78 Å². The van der Waals surface area contributed by atoms with Crippen LogP contribution in [-0.4, -0.2) is 57.2 Å². The molecule has 0 bridgehead atoms. The van der Waals surface area contributed by atoms with Crippen LogP contribution >= 0.6 is 0 Å². The second-order valence-corrected chi connectivity index (χ2v) is 6.63. The highest BCUT2D eigenvalue weighted by Crippen LogP contribution is 2.27. The third kappa shape index (κ3) is 4.16. The van der Waals surface area contributed by atoms with E-state index < -0.39 is 11.8 Å². The smallest absolute Gasteiger partial charge is 0.375 e. The molecule has 1 saturated heterocycles. The zero-order chi connectivity index (χ0) is 19.4. The molecule has 1 aliphatic rings. The number of Topliss-reactive ketones (excluding diaryl/α,β-unsaturated/α-hetero) is 1. The predicted octanol–water partition coefficient (Wildman–Crippen LogP) is 0.883. The van der Waals surface area contributed by atoms with Gasteiger partial charge >= 0.3 is 11.7 Å². The first kappa shape index (κ1) is 19.0. The summed E-state index contributed by atoms with van der Waals surface area (Å²) in [6.45, 7) is 3.27. The summed E-state index contributed by atoms with van der Waals surface area (Å²) in [6, 6.07) is 9.47. The van der Waals surface area contributed by atoms with Gasteiger partial charge in [-0.2, -0.15) is 5.10 Å². The lowest BCUT2D eigenvalue weighted by molar-refractivity contribution is -0.154. The zero-order valence-corrected chi connectivity index (χ0v) is 15.6. The first-order valence-electron chi connectivity index (χ1n) is 9.15. The van der Waals surface area contributed by atoms with E-state index in [0.717, 1.165) is 24.4 Å². The molecule has 0 atom stereocenters. The molecule has 0 aliphatic carbocycles. The van der Waals surface area contributed by atoms with E-state index in [0.29, 0.717) is 13.1 Å². The van der Waals surface area contributed by atoms with Gasteiger partial charge in [0.05, 0.1) is 18.8 Å². The Morgan fingerprint density at radius 1 is 1.19 bits per heavy atom.